The van der Waals surface area contributed by atoms with Crippen molar-refractivity contribution in [3.05, 3.63) is 58.6 Å². The lowest BCUT2D eigenvalue weighted by Crippen LogP contribution is -2.00. The van der Waals surface area contributed by atoms with E-state index in [4.69, 9.17) is 26.6 Å². The number of aromatic carboxylic acids is 1. The second kappa shape index (κ2) is 5.73. The van der Waals surface area contributed by atoms with Crippen molar-refractivity contribution in [1.29, 1.82) is 0 Å². The first-order valence-electron chi connectivity index (χ1n) is 5.50. The van der Waals surface area contributed by atoms with Crippen molar-refractivity contribution < 1.29 is 19.7 Å². The molecule has 0 atom stereocenters. The fourth-order valence-corrected chi connectivity index (χ4v) is 1.72. The van der Waals surface area contributed by atoms with Crippen LogP contribution in [0.1, 0.15) is 15.9 Å². The SMILES string of the molecule is O=C(O)c1cc(Cl)ccc1Oc1ccc(CO)cc1. The average Bonchev–Trinajstić information content (AvgIpc) is 2.41. The van der Waals surface area contributed by atoms with Gasteiger partial charge in [0.05, 0.1) is 6.61 Å². The Hall–Kier alpha value is -2.04. The highest BCUT2D eigenvalue weighted by molar-refractivity contribution is 6.31. The number of carbonyl (C=O) groups is 1. The summed E-state index contributed by atoms with van der Waals surface area (Å²) in [5.41, 5.74) is 0.751. The lowest BCUT2D eigenvalue weighted by molar-refractivity contribution is 0.0694. The summed E-state index contributed by atoms with van der Waals surface area (Å²) in [4.78, 5) is 11.1. The van der Waals surface area contributed by atoms with E-state index in [1.165, 1.54) is 12.1 Å². The molecule has 0 bridgehead atoms. The molecule has 0 amide bonds. The van der Waals surface area contributed by atoms with Gasteiger partial charge in [0.2, 0.25) is 0 Å². The maximum absolute atomic E-state index is 11.1. The predicted octanol–water partition coefficient (Wildman–Crippen LogP) is 3.32. The van der Waals surface area contributed by atoms with Gasteiger partial charge in [0.1, 0.15) is 17.1 Å². The maximum atomic E-state index is 11.1. The minimum atomic E-state index is -1.11. The van der Waals surface area contributed by atoms with E-state index in [0.717, 1.165) is 5.56 Å². The Bertz CT molecular complexity index is 593. The van der Waals surface area contributed by atoms with Crippen molar-refractivity contribution in [2.45, 2.75) is 6.61 Å². The molecule has 98 valence electrons. The van der Waals surface area contributed by atoms with Crippen LogP contribution in [-0.2, 0) is 6.61 Å². The number of hydrogen-bond acceptors (Lipinski definition) is 3. The Kier molecular flexibility index (Phi) is 4.04. The summed E-state index contributed by atoms with van der Waals surface area (Å²) in [7, 11) is 0. The number of ether oxygens (including phenoxy) is 1. The molecule has 0 aliphatic heterocycles. The summed E-state index contributed by atoms with van der Waals surface area (Å²) >= 11 is 5.76. The molecule has 0 saturated heterocycles. The highest BCUT2D eigenvalue weighted by Gasteiger charge is 2.12. The van der Waals surface area contributed by atoms with Gasteiger partial charge in [-0.3, -0.25) is 0 Å². The van der Waals surface area contributed by atoms with Crippen molar-refractivity contribution in [2.75, 3.05) is 0 Å². The zero-order valence-electron chi connectivity index (χ0n) is 9.84. The van der Waals surface area contributed by atoms with E-state index in [1.54, 1.807) is 30.3 Å². The highest BCUT2D eigenvalue weighted by Crippen LogP contribution is 2.28. The first-order chi connectivity index (χ1) is 9.10. The molecule has 2 rings (SSSR count). The molecule has 0 spiro atoms. The van der Waals surface area contributed by atoms with Gasteiger partial charge in [-0.15, -0.1) is 0 Å². The fraction of sp³-hybridized carbons (Fsp3) is 0.0714. The fourth-order valence-electron chi connectivity index (χ4n) is 1.55. The molecule has 2 N–H and O–H groups in total. The number of carboxylic acids is 1. The third-order valence-corrected chi connectivity index (χ3v) is 2.74. The zero-order valence-corrected chi connectivity index (χ0v) is 10.6. The van der Waals surface area contributed by atoms with Crippen LogP contribution in [0.25, 0.3) is 0 Å². The van der Waals surface area contributed by atoms with Crippen molar-refractivity contribution in [2.24, 2.45) is 0 Å². The summed E-state index contributed by atoms with van der Waals surface area (Å²) in [6.07, 6.45) is 0. The van der Waals surface area contributed by atoms with Gasteiger partial charge >= 0.3 is 5.97 Å². The number of rotatable bonds is 4. The molecule has 0 saturated carbocycles. The van der Waals surface area contributed by atoms with Gasteiger partial charge in [0.15, 0.2) is 0 Å². The van der Waals surface area contributed by atoms with Crippen LogP contribution in [0.2, 0.25) is 5.02 Å². The normalized spacial score (nSPS) is 10.2. The molecule has 2 aromatic carbocycles. The second-order valence-electron chi connectivity index (χ2n) is 3.85. The average molecular weight is 279 g/mol. The Morgan fingerprint density at radius 2 is 1.84 bits per heavy atom. The number of aliphatic hydroxyl groups is 1. The minimum absolute atomic E-state index is 0.00117. The van der Waals surface area contributed by atoms with E-state index in [1.807, 2.05) is 0 Å². The molecular weight excluding hydrogens is 268 g/mol. The summed E-state index contributed by atoms with van der Waals surface area (Å²) in [6, 6.07) is 11.1. The number of hydrogen-bond donors (Lipinski definition) is 2. The Balaban J connectivity index is 2.29. The molecule has 2 aromatic rings. The first kappa shape index (κ1) is 13.4. The van der Waals surface area contributed by atoms with E-state index < -0.39 is 5.97 Å². The van der Waals surface area contributed by atoms with Crippen LogP contribution in [0.4, 0.5) is 0 Å². The van der Waals surface area contributed by atoms with Crippen molar-refractivity contribution in [3.8, 4) is 11.5 Å². The Morgan fingerprint density at radius 1 is 1.16 bits per heavy atom. The van der Waals surface area contributed by atoms with Gasteiger partial charge < -0.3 is 14.9 Å². The lowest BCUT2D eigenvalue weighted by atomic mass is 10.2. The van der Waals surface area contributed by atoms with Gasteiger partial charge in [0, 0.05) is 5.02 Å². The number of carboxylic acid groups (broad SMARTS) is 1. The third-order valence-electron chi connectivity index (χ3n) is 2.51. The largest absolute Gasteiger partial charge is 0.478 e. The van der Waals surface area contributed by atoms with Crippen LogP contribution >= 0.6 is 11.6 Å². The van der Waals surface area contributed by atoms with Gasteiger partial charge in [-0.05, 0) is 35.9 Å². The minimum Gasteiger partial charge on any atom is -0.478 e. The monoisotopic (exact) mass is 278 g/mol. The van der Waals surface area contributed by atoms with E-state index in [2.05, 4.69) is 0 Å². The van der Waals surface area contributed by atoms with E-state index >= 15 is 0 Å². The van der Waals surface area contributed by atoms with Gasteiger partial charge in [0.25, 0.3) is 0 Å². The summed E-state index contributed by atoms with van der Waals surface area (Å²) in [5, 5.41) is 18.3. The Morgan fingerprint density at radius 3 is 2.42 bits per heavy atom. The Labute approximate surface area is 114 Å². The topological polar surface area (TPSA) is 66.8 Å². The van der Waals surface area contributed by atoms with Crippen molar-refractivity contribution >= 4 is 17.6 Å². The van der Waals surface area contributed by atoms with E-state index in [-0.39, 0.29) is 17.9 Å². The van der Waals surface area contributed by atoms with E-state index in [0.29, 0.717) is 10.8 Å². The van der Waals surface area contributed by atoms with Gasteiger partial charge in [-0.25, -0.2) is 4.79 Å². The van der Waals surface area contributed by atoms with Crippen LogP contribution in [-0.4, -0.2) is 16.2 Å². The van der Waals surface area contributed by atoms with Crippen LogP contribution in [0, 0.1) is 0 Å². The first-order valence-corrected chi connectivity index (χ1v) is 5.88. The van der Waals surface area contributed by atoms with E-state index in [9.17, 15) is 4.79 Å². The number of aliphatic hydroxyl groups excluding tert-OH is 1. The molecule has 0 aliphatic carbocycles. The quantitative estimate of drug-likeness (QED) is 0.900. The number of benzene rings is 2. The molecule has 0 aliphatic rings. The van der Waals surface area contributed by atoms with Crippen LogP contribution in [0.15, 0.2) is 42.5 Å². The molecule has 0 heterocycles. The van der Waals surface area contributed by atoms with Crippen LogP contribution in [0.5, 0.6) is 11.5 Å². The third kappa shape index (κ3) is 3.24. The second-order valence-corrected chi connectivity index (χ2v) is 4.29. The molecule has 5 heteroatoms. The van der Waals surface area contributed by atoms with Gasteiger partial charge in [-0.2, -0.15) is 0 Å². The smallest absolute Gasteiger partial charge is 0.339 e. The molecule has 4 nitrogen and oxygen atoms in total. The predicted molar refractivity (Wildman–Crippen MR) is 70.9 cm³/mol. The molecule has 0 radical (unpaired) electrons. The zero-order chi connectivity index (χ0) is 13.8. The number of halogens is 1. The molecule has 0 aromatic heterocycles. The van der Waals surface area contributed by atoms with Gasteiger partial charge in [-0.1, -0.05) is 23.7 Å². The summed E-state index contributed by atoms with van der Waals surface area (Å²) < 4.78 is 5.50. The molecule has 0 unspecified atom stereocenters. The summed E-state index contributed by atoms with van der Waals surface area (Å²) in [6.45, 7) is -0.0540. The van der Waals surface area contributed by atoms with Crippen molar-refractivity contribution in [1.82, 2.24) is 0 Å². The maximum Gasteiger partial charge on any atom is 0.339 e. The van der Waals surface area contributed by atoms with Crippen molar-refractivity contribution in [3.63, 3.8) is 0 Å². The molecular formula is C14H11ClO4. The van der Waals surface area contributed by atoms with Crippen LogP contribution in [0.3, 0.4) is 0 Å². The molecule has 0 fully saturated rings. The standard InChI is InChI=1S/C14H11ClO4/c15-10-3-6-13(12(7-10)14(17)18)19-11-4-1-9(8-16)2-5-11/h1-7,16H,8H2,(H,17,18). The highest BCUT2D eigenvalue weighted by atomic mass is 35.5. The molecule has 19 heavy (non-hydrogen) atoms. The lowest BCUT2D eigenvalue weighted by Gasteiger charge is -2.09. The summed E-state index contributed by atoms with van der Waals surface area (Å²) in [5.74, 6) is -0.403. The van der Waals surface area contributed by atoms with Crippen LogP contribution < -0.4 is 4.74 Å².